The molecule has 1 saturated heterocycles. The van der Waals surface area contributed by atoms with Gasteiger partial charge in [-0.1, -0.05) is 13.0 Å². The first-order valence-electron chi connectivity index (χ1n) is 5.86. The molecule has 0 spiro atoms. The summed E-state index contributed by atoms with van der Waals surface area (Å²) in [5.41, 5.74) is 0. The number of Topliss-reactive ketones (excluding diaryl/α,β-unsaturated/α-hetero) is 1. The van der Waals surface area contributed by atoms with E-state index in [4.69, 9.17) is 9.16 Å². The Kier molecular flexibility index (Phi) is 2.64. The highest BCUT2D eigenvalue weighted by atomic mass is 28.4. The van der Waals surface area contributed by atoms with E-state index in [-0.39, 0.29) is 23.7 Å². The fourth-order valence-corrected chi connectivity index (χ4v) is 3.66. The predicted octanol–water partition coefficient (Wildman–Crippen LogP) is 2.34. The number of fused-ring (bicyclic) bond motifs is 2. The van der Waals surface area contributed by atoms with Gasteiger partial charge in [-0.25, -0.2) is 0 Å². The largest absolute Gasteiger partial charge is 0.387 e. The van der Waals surface area contributed by atoms with Crippen molar-refractivity contribution in [2.75, 3.05) is 0 Å². The Labute approximate surface area is 97.9 Å². The number of ketones is 1. The predicted molar refractivity (Wildman–Crippen MR) is 64.5 cm³/mol. The smallest absolute Gasteiger partial charge is 0.189 e. The molecule has 0 aromatic heterocycles. The summed E-state index contributed by atoms with van der Waals surface area (Å²) in [6.45, 7) is 10.2. The van der Waals surface area contributed by atoms with E-state index >= 15 is 0 Å². The second-order valence-electron chi connectivity index (χ2n) is 5.79. The van der Waals surface area contributed by atoms with Gasteiger partial charge in [0, 0.05) is 5.92 Å². The van der Waals surface area contributed by atoms with Gasteiger partial charge in [0.15, 0.2) is 14.1 Å². The Bertz CT molecular complexity index is 345. The average molecular weight is 240 g/mol. The Balaban J connectivity index is 2.29. The van der Waals surface area contributed by atoms with Gasteiger partial charge in [0.1, 0.15) is 5.78 Å². The number of carbonyl (C=O) groups excluding carboxylic acids is 1. The molecule has 2 aliphatic heterocycles. The van der Waals surface area contributed by atoms with E-state index < -0.39 is 14.1 Å². The van der Waals surface area contributed by atoms with E-state index in [0.29, 0.717) is 0 Å². The molecule has 0 radical (unpaired) electrons. The fourth-order valence-electron chi connectivity index (χ4n) is 2.41. The van der Waals surface area contributed by atoms with Crippen LogP contribution in [0.3, 0.4) is 0 Å². The summed E-state index contributed by atoms with van der Waals surface area (Å²) >= 11 is 0. The Morgan fingerprint density at radius 1 is 1.38 bits per heavy atom. The van der Waals surface area contributed by atoms with Crippen molar-refractivity contribution in [3.8, 4) is 0 Å². The van der Waals surface area contributed by atoms with Gasteiger partial charge in [-0.3, -0.25) is 4.79 Å². The topological polar surface area (TPSA) is 35.5 Å². The van der Waals surface area contributed by atoms with Crippen LogP contribution in [0, 0.1) is 11.8 Å². The van der Waals surface area contributed by atoms with Crippen LogP contribution in [-0.4, -0.2) is 26.0 Å². The second kappa shape index (κ2) is 3.52. The van der Waals surface area contributed by atoms with Gasteiger partial charge in [-0.2, -0.15) is 0 Å². The SMILES string of the molecule is C[C@@H]1C(=O)[C@H](C)[C@H]2C=C[C@@]1(O[Si](C)(C)C)O2. The highest BCUT2D eigenvalue weighted by molar-refractivity contribution is 6.69. The van der Waals surface area contributed by atoms with Crippen molar-refractivity contribution in [1.82, 2.24) is 0 Å². The van der Waals surface area contributed by atoms with Crippen molar-refractivity contribution in [2.45, 2.75) is 45.4 Å². The number of hydrogen-bond acceptors (Lipinski definition) is 3. The van der Waals surface area contributed by atoms with Crippen LogP contribution in [0.2, 0.25) is 19.6 Å². The molecule has 2 aliphatic rings. The first kappa shape index (κ1) is 12.0. The van der Waals surface area contributed by atoms with Crippen LogP contribution in [0.1, 0.15) is 13.8 Å². The molecule has 2 bridgehead atoms. The second-order valence-corrected chi connectivity index (χ2v) is 10.2. The van der Waals surface area contributed by atoms with Crippen LogP contribution in [0.5, 0.6) is 0 Å². The minimum atomic E-state index is -1.73. The zero-order chi connectivity index (χ0) is 12.1. The van der Waals surface area contributed by atoms with Crippen molar-refractivity contribution < 1.29 is 14.0 Å². The molecule has 4 heteroatoms. The van der Waals surface area contributed by atoms with Crippen molar-refractivity contribution in [1.29, 1.82) is 0 Å². The van der Waals surface area contributed by atoms with E-state index in [0.717, 1.165) is 0 Å². The number of hydrogen-bond donors (Lipinski definition) is 0. The summed E-state index contributed by atoms with van der Waals surface area (Å²) in [4.78, 5) is 12.1. The summed E-state index contributed by atoms with van der Waals surface area (Å²) in [5.74, 6) is -0.783. The fraction of sp³-hybridized carbons (Fsp3) is 0.750. The first-order chi connectivity index (χ1) is 7.25. The molecule has 1 fully saturated rings. The standard InChI is InChI=1S/C12H20O3Si/c1-8-10-6-7-12(14-10,9(2)11(8)13)15-16(3,4)5/h6-10H,1-5H3/t8-,9-,10-,12+/m1/s1. The highest BCUT2D eigenvalue weighted by Crippen LogP contribution is 2.43. The zero-order valence-electron chi connectivity index (χ0n) is 10.6. The molecule has 0 aliphatic carbocycles. The summed E-state index contributed by atoms with van der Waals surface area (Å²) < 4.78 is 12.0. The average Bonchev–Trinajstić information content (AvgIpc) is 2.53. The van der Waals surface area contributed by atoms with Crippen molar-refractivity contribution in [3.05, 3.63) is 12.2 Å². The summed E-state index contributed by atoms with van der Waals surface area (Å²) in [6.07, 6.45) is 3.83. The maximum atomic E-state index is 12.1. The van der Waals surface area contributed by atoms with Gasteiger partial charge < -0.3 is 9.16 Å². The molecule has 2 rings (SSSR count). The minimum Gasteiger partial charge on any atom is -0.387 e. The number of carbonyl (C=O) groups is 1. The molecule has 2 heterocycles. The highest BCUT2D eigenvalue weighted by Gasteiger charge is 2.54. The third-order valence-electron chi connectivity index (χ3n) is 3.28. The summed E-state index contributed by atoms with van der Waals surface area (Å²) in [7, 11) is -1.73. The molecule has 90 valence electrons. The molecular weight excluding hydrogens is 220 g/mol. The third kappa shape index (κ3) is 1.79. The molecule has 0 N–H and O–H groups in total. The molecule has 3 nitrogen and oxygen atoms in total. The summed E-state index contributed by atoms with van der Waals surface area (Å²) in [5, 5.41) is 0. The van der Waals surface area contributed by atoms with E-state index in [1.165, 1.54) is 0 Å². The quantitative estimate of drug-likeness (QED) is 0.549. The van der Waals surface area contributed by atoms with Gasteiger partial charge in [-0.15, -0.1) is 0 Å². The Morgan fingerprint density at radius 3 is 2.56 bits per heavy atom. The van der Waals surface area contributed by atoms with Gasteiger partial charge >= 0.3 is 0 Å². The van der Waals surface area contributed by atoms with Crippen LogP contribution in [0.15, 0.2) is 12.2 Å². The van der Waals surface area contributed by atoms with E-state index in [2.05, 4.69) is 19.6 Å². The molecule has 0 aromatic carbocycles. The van der Waals surface area contributed by atoms with Gasteiger partial charge in [-0.05, 0) is 32.6 Å². The van der Waals surface area contributed by atoms with Crippen LogP contribution in [0.4, 0.5) is 0 Å². The van der Waals surface area contributed by atoms with Crippen LogP contribution in [-0.2, 0) is 14.0 Å². The van der Waals surface area contributed by atoms with Crippen LogP contribution < -0.4 is 0 Å². The lowest BCUT2D eigenvalue weighted by Crippen LogP contribution is -2.55. The van der Waals surface area contributed by atoms with Crippen LogP contribution >= 0.6 is 0 Å². The first-order valence-corrected chi connectivity index (χ1v) is 9.27. The zero-order valence-corrected chi connectivity index (χ0v) is 11.6. The van der Waals surface area contributed by atoms with Gasteiger partial charge in [0.05, 0.1) is 12.0 Å². The van der Waals surface area contributed by atoms with Crippen molar-refractivity contribution >= 4 is 14.1 Å². The molecule has 4 atom stereocenters. The Hall–Kier alpha value is -0.453. The van der Waals surface area contributed by atoms with Crippen LogP contribution in [0.25, 0.3) is 0 Å². The number of ether oxygens (including phenoxy) is 1. The lowest BCUT2D eigenvalue weighted by atomic mass is 9.86. The van der Waals surface area contributed by atoms with E-state index in [1.807, 2.05) is 26.0 Å². The van der Waals surface area contributed by atoms with Gasteiger partial charge in [0.2, 0.25) is 0 Å². The normalized spacial score (nSPS) is 42.8. The summed E-state index contributed by atoms with van der Waals surface area (Å²) in [6, 6.07) is 0. The minimum absolute atomic E-state index is 0.0490. The Morgan fingerprint density at radius 2 is 2.00 bits per heavy atom. The van der Waals surface area contributed by atoms with Crippen molar-refractivity contribution in [3.63, 3.8) is 0 Å². The molecule has 0 aromatic rings. The maximum Gasteiger partial charge on any atom is 0.189 e. The third-order valence-corrected chi connectivity index (χ3v) is 4.21. The molecular formula is C12H20O3Si. The molecule has 16 heavy (non-hydrogen) atoms. The maximum absolute atomic E-state index is 12.1. The molecule has 0 saturated carbocycles. The van der Waals surface area contributed by atoms with Gasteiger partial charge in [0.25, 0.3) is 0 Å². The van der Waals surface area contributed by atoms with Crippen molar-refractivity contribution in [2.24, 2.45) is 11.8 Å². The lowest BCUT2D eigenvalue weighted by Gasteiger charge is -2.43. The monoisotopic (exact) mass is 240 g/mol. The van der Waals surface area contributed by atoms with E-state index in [9.17, 15) is 4.79 Å². The lowest BCUT2D eigenvalue weighted by molar-refractivity contribution is -0.218. The number of rotatable bonds is 2. The molecule has 0 unspecified atom stereocenters. The van der Waals surface area contributed by atoms with E-state index in [1.54, 1.807) is 0 Å². The molecule has 0 amide bonds.